The van der Waals surface area contributed by atoms with Crippen molar-refractivity contribution >= 4 is 28.8 Å². The summed E-state index contributed by atoms with van der Waals surface area (Å²) in [4.78, 5) is 12.0. The molecule has 1 aromatic heterocycles. The number of imidazole rings is 1. The van der Waals surface area contributed by atoms with E-state index >= 15 is 0 Å². The van der Waals surface area contributed by atoms with Crippen molar-refractivity contribution in [1.29, 1.82) is 5.26 Å². The molecule has 1 aromatic carbocycles. The zero-order valence-corrected chi connectivity index (χ0v) is 12.7. The molecule has 6 nitrogen and oxygen atoms in total. The maximum absolute atomic E-state index is 8.58. The maximum atomic E-state index is 8.58. The van der Waals surface area contributed by atoms with Gasteiger partial charge in [-0.1, -0.05) is 12.1 Å². The number of para-hydroxylation sites is 2. The smallest absolute Gasteiger partial charge is 0.204 e. The van der Waals surface area contributed by atoms with E-state index in [-0.39, 0.29) is 0 Å². The van der Waals surface area contributed by atoms with E-state index in [1.165, 1.54) is 0 Å². The van der Waals surface area contributed by atoms with Crippen LogP contribution >= 0.6 is 11.8 Å². The van der Waals surface area contributed by atoms with Crippen LogP contribution < -0.4 is 10.6 Å². The molecular weight excluding hydrogens is 284 g/mol. The summed E-state index contributed by atoms with van der Waals surface area (Å²) >= 11 is 1.78. The van der Waals surface area contributed by atoms with Gasteiger partial charge < -0.3 is 10.3 Å². The second-order valence-corrected chi connectivity index (χ2v) is 5.34. The minimum Gasteiger partial charge on any atom is -0.355 e. The number of H-pyrrole nitrogens is 1. The van der Waals surface area contributed by atoms with Gasteiger partial charge in [-0.15, -0.1) is 0 Å². The van der Waals surface area contributed by atoms with Gasteiger partial charge in [-0.05, 0) is 19.1 Å². The number of aromatic amines is 1. The van der Waals surface area contributed by atoms with Gasteiger partial charge in [0.15, 0.2) is 6.19 Å². The molecule has 0 aliphatic carbocycles. The Hall–Kier alpha value is -2.20. The largest absolute Gasteiger partial charge is 0.355 e. The number of fused-ring (bicyclic) bond motifs is 1. The van der Waals surface area contributed by atoms with Crippen molar-refractivity contribution in [2.75, 3.05) is 18.8 Å². The highest BCUT2D eigenvalue weighted by Crippen LogP contribution is 2.14. The molecule has 3 N–H and O–H groups in total. The van der Waals surface area contributed by atoms with Crippen LogP contribution in [0.3, 0.4) is 0 Å². The van der Waals surface area contributed by atoms with Crippen LogP contribution in [0, 0.1) is 11.5 Å². The normalized spacial score (nSPS) is 11.3. The molecule has 0 spiro atoms. The third kappa shape index (κ3) is 4.68. The molecule has 21 heavy (non-hydrogen) atoms. The molecule has 0 radical (unpaired) electrons. The van der Waals surface area contributed by atoms with Crippen molar-refractivity contribution in [3.8, 4) is 6.19 Å². The molecular formula is C14H18N6S. The number of guanidine groups is 1. The van der Waals surface area contributed by atoms with E-state index in [1.807, 2.05) is 37.4 Å². The van der Waals surface area contributed by atoms with Crippen molar-refractivity contribution in [1.82, 2.24) is 20.6 Å². The fraction of sp³-hybridized carbons (Fsp3) is 0.357. The van der Waals surface area contributed by atoms with E-state index in [4.69, 9.17) is 5.26 Å². The number of hydrogen-bond acceptors (Lipinski definition) is 4. The van der Waals surface area contributed by atoms with Gasteiger partial charge in [0.25, 0.3) is 0 Å². The Labute approximate surface area is 128 Å². The lowest BCUT2D eigenvalue weighted by Gasteiger charge is -2.06. The Morgan fingerprint density at radius 3 is 3.10 bits per heavy atom. The predicted molar refractivity (Wildman–Crippen MR) is 87.0 cm³/mol. The highest BCUT2D eigenvalue weighted by molar-refractivity contribution is 7.98. The first-order chi connectivity index (χ1) is 10.3. The van der Waals surface area contributed by atoms with Crippen LogP contribution in [0.15, 0.2) is 29.3 Å². The number of nitrogens with one attached hydrogen (secondary N) is 3. The molecule has 0 saturated heterocycles. The van der Waals surface area contributed by atoms with Crippen LogP contribution in [-0.4, -0.2) is 34.8 Å². The summed E-state index contributed by atoms with van der Waals surface area (Å²) < 4.78 is 0. The lowest BCUT2D eigenvalue weighted by Crippen LogP contribution is -2.36. The van der Waals surface area contributed by atoms with Crippen molar-refractivity contribution in [3.63, 3.8) is 0 Å². The molecule has 0 fully saturated rings. The average molecular weight is 302 g/mol. The van der Waals surface area contributed by atoms with Gasteiger partial charge in [-0.25, -0.2) is 4.98 Å². The molecule has 0 bridgehead atoms. The van der Waals surface area contributed by atoms with Crippen LogP contribution in [0.5, 0.6) is 0 Å². The first-order valence-corrected chi connectivity index (χ1v) is 7.93. The fourth-order valence-corrected chi connectivity index (χ4v) is 2.56. The number of hydrogen-bond donors (Lipinski definition) is 3. The van der Waals surface area contributed by atoms with Gasteiger partial charge in [-0.3, -0.25) is 10.3 Å². The second kappa shape index (κ2) is 8.17. The number of aliphatic imine (C=N–C) groups is 1. The highest BCUT2D eigenvalue weighted by atomic mass is 32.2. The van der Waals surface area contributed by atoms with Crippen molar-refractivity contribution in [3.05, 3.63) is 30.1 Å². The molecule has 110 valence electrons. The first kappa shape index (κ1) is 15.2. The number of benzene rings is 1. The van der Waals surface area contributed by atoms with E-state index in [2.05, 4.69) is 25.6 Å². The summed E-state index contributed by atoms with van der Waals surface area (Å²) in [5.41, 5.74) is 2.07. The molecule has 2 aromatic rings. The summed E-state index contributed by atoms with van der Waals surface area (Å²) in [5.74, 6) is 3.26. The lowest BCUT2D eigenvalue weighted by molar-refractivity contribution is 0.915. The molecule has 7 heteroatoms. The quantitative estimate of drug-likeness (QED) is 0.249. The third-order valence-electron chi connectivity index (χ3n) is 2.71. The third-order valence-corrected chi connectivity index (χ3v) is 3.68. The highest BCUT2D eigenvalue weighted by Gasteiger charge is 2.02. The Bertz CT molecular complexity index is 609. The Morgan fingerprint density at radius 2 is 2.33 bits per heavy atom. The molecule has 0 aliphatic rings. The van der Waals surface area contributed by atoms with Gasteiger partial charge in [-0.2, -0.15) is 17.0 Å². The van der Waals surface area contributed by atoms with Gasteiger partial charge in [0.1, 0.15) is 5.82 Å². The first-order valence-electron chi connectivity index (χ1n) is 6.78. The van der Waals surface area contributed by atoms with E-state index in [0.29, 0.717) is 12.5 Å². The van der Waals surface area contributed by atoms with Gasteiger partial charge in [0, 0.05) is 18.8 Å². The minimum absolute atomic E-state index is 0.532. The molecule has 0 aliphatic heterocycles. The lowest BCUT2D eigenvalue weighted by atomic mass is 10.3. The number of thioether (sulfide) groups is 1. The van der Waals surface area contributed by atoms with E-state index in [0.717, 1.165) is 34.9 Å². The number of nitrogens with zero attached hydrogens (tertiary/aromatic N) is 3. The van der Waals surface area contributed by atoms with Gasteiger partial charge >= 0.3 is 0 Å². The summed E-state index contributed by atoms with van der Waals surface area (Å²) in [5, 5.41) is 14.2. The molecule has 1 heterocycles. The van der Waals surface area contributed by atoms with Crippen LogP contribution in [-0.2, 0) is 5.75 Å². The number of rotatable bonds is 6. The zero-order valence-electron chi connectivity index (χ0n) is 11.9. The topological polar surface area (TPSA) is 88.9 Å². The van der Waals surface area contributed by atoms with Gasteiger partial charge in [0.2, 0.25) is 5.96 Å². The monoisotopic (exact) mass is 302 g/mol. The zero-order chi connectivity index (χ0) is 14.9. The van der Waals surface area contributed by atoms with Crippen LogP contribution in [0.4, 0.5) is 0 Å². The Morgan fingerprint density at radius 1 is 1.48 bits per heavy atom. The second-order valence-electron chi connectivity index (χ2n) is 4.24. The van der Waals surface area contributed by atoms with E-state index in [9.17, 15) is 0 Å². The Kier molecular flexibility index (Phi) is 5.91. The molecule has 0 saturated carbocycles. The number of nitriles is 1. The molecule has 0 amide bonds. The average Bonchev–Trinajstić information content (AvgIpc) is 2.90. The maximum Gasteiger partial charge on any atom is 0.204 e. The summed E-state index contributed by atoms with van der Waals surface area (Å²) in [7, 11) is 0. The van der Waals surface area contributed by atoms with E-state index < -0.39 is 0 Å². The van der Waals surface area contributed by atoms with Crippen molar-refractivity contribution in [2.24, 2.45) is 4.99 Å². The summed E-state index contributed by atoms with van der Waals surface area (Å²) in [6, 6.07) is 8.01. The molecule has 0 atom stereocenters. The minimum atomic E-state index is 0.532. The van der Waals surface area contributed by atoms with Crippen LogP contribution in [0.1, 0.15) is 12.7 Å². The number of aromatic nitrogens is 2. The van der Waals surface area contributed by atoms with Crippen molar-refractivity contribution in [2.45, 2.75) is 12.7 Å². The van der Waals surface area contributed by atoms with Gasteiger partial charge in [0.05, 0.1) is 16.8 Å². The summed E-state index contributed by atoms with van der Waals surface area (Å²) in [6.07, 6.45) is 1.87. The standard InChI is InChI=1S/C14H18N6S/c1-2-16-14(18-10-15)17-7-8-21-9-13-19-11-5-3-4-6-12(11)20-13/h3-6H,2,7-9H2,1H3,(H,19,20)(H2,16,17,18). The van der Waals surface area contributed by atoms with Crippen LogP contribution in [0.2, 0.25) is 0 Å². The SMILES string of the molecule is CC/N=C(\NC#N)NCCSCc1nc2ccccc2[nH]1. The fourth-order valence-electron chi connectivity index (χ4n) is 1.84. The van der Waals surface area contributed by atoms with E-state index in [1.54, 1.807) is 11.8 Å². The molecule has 0 unspecified atom stereocenters. The predicted octanol–water partition coefficient (Wildman–Crippen LogP) is 1.83. The Balaban J connectivity index is 1.72. The van der Waals surface area contributed by atoms with Crippen LogP contribution in [0.25, 0.3) is 11.0 Å². The van der Waals surface area contributed by atoms with Crippen molar-refractivity contribution < 1.29 is 0 Å². The molecule has 2 rings (SSSR count). The summed E-state index contributed by atoms with van der Waals surface area (Å²) in [6.45, 7) is 3.32.